The molecule has 0 aliphatic carbocycles. The van der Waals surface area contributed by atoms with Gasteiger partial charge in [0, 0.05) is 13.1 Å². The van der Waals surface area contributed by atoms with Crippen LogP contribution in [0.3, 0.4) is 0 Å². The number of carbonyl (C=O) groups excluding carboxylic acids is 1. The Morgan fingerprint density at radius 3 is 2.82 bits per heavy atom. The van der Waals surface area contributed by atoms with Gasteiger partial charge in [0.2, 0.25) is 0 Å². The maximum absolute atomic E-state index is 10.6. The van der Waals surface area contributed by atoms with Gasteiger partial charge in [-0.25, -0.2) is 0 Å². The van der Waals surface area contributed by atoms with Crippen LogP contribution in [0.1, 0.15) is 0 Å². The van der Waals surface area contributed by atoms with Gasteiger partial charge in [-0.15, -0.1) is 0 Å². The van der Waals surface area contributed by atoms with Crippen LogP contribution in [0.25, 0.3) is 0 Å². The first-order valence-corrected chi connectivity index (χ1v) is 3.27. The molecule has 0 heterocycles. The predicted molar refractivity (Wildman–Crippen MR) is 41.8 cm³/mol. The zero-order chi connectivity index (χ0) is 8.69. The molecule has 0 bridgehead atoms. The molecule has 0 aromatic carbocycles. The topological polar surface area (TPSA) is 64.9 Å². The molecule has 5 heteroatoms. The van der Waals surface area contributed by atoms with Gasteiger partial charge < -0.3 is 15.4 Å². The summed E-state index contributed by atoms with van der Waals surface area (Å²) in [4.78, 5) is 12.5. The molecular weight excluding hydrogens is 146 g/mol. The Hall–Kier alpha value is -1.10. The Labute approximate surface area is 65.7 Å². The van der Waals surface area contributed by atoms with Gasteiger partial charge >= 0.3 is 0 Å². The van der Waals surface area contributed by atoms with Gasteiger partial charge in [0.1, 0.15) is 6.21 Å². The molecule has 0 aromatic rings. The smallest absolute Gasteiger partial charge is 0.265 e. The van der Waals surface area contributed by atoms with Crippen molar-refractivity contribution in [2.45, 2.75) is 0 Å². The largest absolute Gasteiger partial charge is 0.411 e. The third-order valence-electron chi connectivity index (χ3n) is 1.03. The first kappa shape index (κ1) is 9.90. The van der Waals surface area contributed by atoms with Crippen LogP contribution >= 0.6 is 0 Å². The van der Waals surface area contributed by atoms with E-state index in [2.05, 4.69) is 10.5 Å². The molecule has 0 rings (SSSR count). The lowest BCUT2D eigenvalue weighted by Crippen LogP contribution is -2.31. The molecule has 11 heavy (non-hydrogen) atoms. The van der Waals surface area contributed by atoms with E-state index in [9.17, 15) is 4.79 Å². The molecule has 0 radical (unpaired) electrons. The number of hydrogen-bond acceptors (Lipinski definition) is 4. The summed E-state index contributed by atoms with van der Waals surface area (Å²) in [5.74, 6) is -0.380. The number of hydrogen-bond donors (Lipinski definition) is 2. The summed E-state index contributed by atoms with van der Waals surface area (Å²) in [6.07, 6.45) is 0.829. The van der Waals surface area contributed by atoms with Crippen LogP contribution in [0, 0.1) is 0 Å². The van der Waals surface area contributed by atoms with Crippen molar-refractivity contribution in [2.75, 3.05) is 27.2 Å². The van der Waals surface area contributed by atoms with Crippen molar-refractivity contribution < 1.29 is 10.0 Å². The first-order chi connectivity index (χ1) is 5.16. The fourth-order valence-corrected chi connectivity index (χ4v) is 0.501. The third kappa shape index (κ3) is 6.79. The molecule has 1 amide bonds. The molecule has 0 aromatic heterocycles. The molecule has 2 N–H and O–H groups in total. The van der Waals surface area contributed by atoms with Crippen LogP contribution in [0.5, 0.6) is 0 Å². The van der Waals surface area contributed by atoms with Crippen LogP contribution in [0.15, 0.2) is 5.16 Å². The highest BCUT2D eigenvalue weighted by atomic mass is 16.4. The Balaban J connectivity index is 3.32. The molecule has 0 unspecified atom stereocenters. The molecule has 0 saturated carbocycles. The third-order valence-corrected chi connectivity index (χ3v) is 1.03. The van der Waals surface area contributed by atoms with Gasteiger partial charge in [-0.05, 0) is 14.1 Å². The second kappa shape index (κ2) is 5.67. The summed E-state index contributed by atoms with van der Waals surface area (Å²) in [5, 5.41) is 13.1. The summed E-state index contributed by atoms with van der Waals surface area (Å²) in [5.41, 5.74) is 0. The summed E-state index contributed by atoms with van der Waals surface area (Å²) in [7, 11) is 3.82. The molecule has 5 nitrogen and oxygen atoms in total. The molecule has 0 atom stereocenters. The lowest BCUT2D eigenvalue weighted by Gasteiger charge is -2.08. The lowest BCUT2D eigenvalue weighted by atomic mass is 10.5. The minimum absolute atomic E-state index is 0.380. The fourth-order valence-electron chi connectivity index (χ4n) is 0.501. The number of carbonyl (C=O) groups is 1. The van der Waals surface area contributed by atoms with Crippen molar-refractivity contribution >= 4 is 12.1 Å². The summed E-state index contributed by atoms with van der Waals surface area (Å²) in [6.45, 7) is 1.32. The molecule has 0 saturated heterocycles. The fraction of sp³-hybridized carbons (Fsp3) is 0.667. The van der Waals surface area contributed by atoms with Crippen molar-refractivity contribution in [2.24, 2.45) is 5.16 Å². The van der Waals surface area contributed by atoms with Crippen molar-refractivity contribution in [1.29, 1.82) is 0 Å². The zero-order valence-electron chi connectivity index (χ0n) is 6.74. The van der Waals surface area contributed by atoms with Gasteiger partial charge in [-0.1, -0.05) is 5.16 Å². The monoisotopic (exact) mass is 159 g/mol. The summed E-state index contributed by atoms with van der Waals surface area (Å²) in [6, 6.07) is 0. The van der Waals surface area contributed by atoms with Crippen molar-refractivity contribution in [1.82, 2.24) is 10.2 Å². The van der Waals surface area contributed by atoms with Crippen LogP contribution in [0.2, 0.25) is 0 Å². The van der Waals surface area contributed by atoms with Crippen molar-refractivity contribution in [3.63, 3.8) is 0 Å². The average Bonchev–Trinajstić information content (AvgIpc) is 1.87. The second-order valence-corrected chi connectivity index (χ2v) is 2.34. The summed E-state index contributed by atoms with van der Waals surface area (Å²) < 4.78 is 0. The zero-order valence-corrected chi connectivity index (χ0v) is 6.74. The van der Waals surface area contributed by atoms with Crippen LogP contribution in [-0.4, -0.2) is 49.4 Å². The number of rotatable bonds is 4. The van der Waals surface area contributed by atoms with Crippen LogP contribution in [0.4, 0.5) is 0 Å². The Kier molecular flexibility index (Phi) is 5.10. The molecular formula is C6H13N3O2. The highest BCUT2D eigenvalue weighted by Crippen LogP contribution is 1.70. The Morgan fingerprint density at radius 2 is 2.36 bits per heavy atom. The lowest BCUT2D eigenvalue weighted by molar-refractivity contribution is -0.114. The van der Waals surface area contributed by atoms with Crippen molar-refractivity contribution in [3.05, 3.63) is 0 Å². The molecule has 0 spiro atoms. The van der Waals surface area contributed by atoms with Crippen LogP contribution in [-0.2, 0) is 4.79 Å². The maximum Gasteiger partial charge on any atom is 0.265 e. The van der Waals surface area contributed by atoms with E-state index in [0.29, 0.717) is 6.54 Å². The molecule has 0 aliphatic rings. The highest BCUT2D eigenvalue weighted by Gasteiger charge is 1.94. The van der Waals surface area contributed by atoms with E-state index < -0.39 is 0 Å². The van der Waals surface area contributed by atoms with E-state index >= 15 is 0 Å². The van der Waals surface area contributed by atoms with E-state index in [-0.39, 0.29) is 5.91 Å². The first-order valence-electron chi connectivity index (χ1n) is 3.27. The molecule has 0 fully saturated rings. The van der Waals surface area contributed by atoms with E-state index in [4.69, 9.17) is 5.21 Å². The van der Waals surface area contributed by atoms with E-state index in [0.717, 1.165) is 12.8 Å². The van der Waals surface area contributed by atoms with Gasteiger partial charge in [-0.3, -0.25) is 4.79 Å². The van der Waals surface area contributed by atoms with Gasteiger partial charge in [0.05, 0.1) is 0 Å². The SMILES string of the molecule is CN(C)CCNC(=O)C=NO. The van der Waals surface area contributed by atoms with E-state index in [1.807, 2.05) is 19.0 Å². The number of nitrogens with zero attached hydrogens (tertiary/aromatic N) is 2. The predicted octanol–water partition coefficient (Wildman–Crippen LogP) is -0.876. The summed E-state index contributed by atoms with van der Waals surface area (Å²) >= 11 is 0. The maximum atomic E-state index is 10.6. The Morgan fingerprint density at radius 1 is 1.73 bits per heavy atom. The van der Waals surface area contributed by atoms with Crippen molar-refractivity contribution in [3.8, 4) is 0 Å². The number of oxime groups is 1. The van der Waals surface area contributed by atoms with Gasteiger partial charge in [0.25, 0.3) is 5.91 Å². The quantitative estimate of drug-likeness (QED) is 0.318. The number of nitrogens with one attached hydrogen (secondary N) is 1. The van der Waals surface area contributed by atoms with Crippen LogP contribution < -0.4 is 5.32 Å². The van der Waals surface area contributed by atoms with Gasteiger partial charge in [0.15, 0.2) is 0 Å². The second-order valence-electron chi connectivity index (χ2n) is 2.34. The normalized spacial score (nSPS) is 10.8. The standard InChI is InChI=1S/C6H13N3O2/c1-9(2)4-3-7-6(10)5-8-11/h5,11H,3-4H2,1-2H3,(H,7,10). The van der Waals surface area contributed by atoms with Gasteiger partial charge in [-0.2, -0.15) is 0 Å². The van der Waals surface area contributed by atoms with E-state index in [1.54, 1.807) is 0 Å². The number of amides is 1. The number of likely N-dealkylation sites (N-methyl/N-ethyl adjacent to an activating group) is 1. The average molecular weight is 159 g/mol. The molecule has 64 valence electrons. The Bertz CT molecular complexity index is 145. The van der Waals surface area contributed by atoms with E-state index in [1.165, 1.54) is 0 Å². The minimum atomic E-state index is -0.380. The minimum Gasteiger partial charge on any atom is -0.411 e. The highest BCUT2D eigenvalue weighted by molar-refractivity contribution is 6.25. The molecule has 0 aliphatic heterocycles.